The van der Waals surface area contributed by atoms with Gasteiger partial charge in [0.05, 0.1) is 30.5 Å². The summed E-state index contributed by atoms with van der Waals surface area (Å²) in [5.41, 5.74) is 0.910. The molecule has 6 nitrogen and oxygen atoms in total. The number of rotatable bonds is 8. The highest BCUT2D eigenvalue weighted by molar-refractivity contribution is 7.22. The molecule has 2 heterocycles. The Morgan fingerprint density at radius 2 is 2.15 bits per heavy atom. The molecule has 0 atom stereocenters. The van der Waals surface area contributed by atoms with Crippen molar-refractivity contribution in [1.29, 1.82) is 0 Å². The van der Waals surface area contributed by atoms with Gasteiger partial charge < -0.3 is 9.47 Å². The highest BCUT2D eigenvalue weighted by Crippen LogP contribution is 2.32. The van der Waals surface area contributed by atoms with Crippen LogP contribution in [-0.4, -0.2) is 62.3 Å². The van der Waals surface area contributed by atoms with Crippen molar-refractivity contribution in [1.82, 2.24) is 9.88 Å². The van der Waals surface area contributed by atoms with Gasteiger partial charge in [0.15, 0.2) is 5.13 Å². The van der Waals surface area contributed by atoms with Gasteiger partial charge in [-0.05, 0) is 31.0 Å². The molecule has 1 aliphatic rings. The number of hydrogen-bond donors (Lipinski definition) is 0. The molecule has 0 unspecified atom stereocenters. The minimum atomic E-state index is 0. The number of carbonyl (C=O) groups excluding carboxylic acids is 1. The Morgan fingerprint density at radius 3 is 2.85 bits per heavy atom. The number of aromatic nitrogens is 1. The number of ether oxygens (including phenoxy) is 2. The molecule has 1 aromatic heterocycles. The molecule has 0 saturated carbocycles. The number of nitrogens with zero attached hydrogens (tertiary/aromatic N) is 3. The third-order valence-electron chi connectivity index (χ3n) is 4.54. The van der Waals surface area contributed by atoms with E-state index in [0.717, 1.165) is 66.8 Å². The number of morpholine rings is 1. The normalized spacial score (nSPS) is 14.7. The maximum atomic E-state index is 12.7. The molecule has 0 aliphatic carbocycles. The first-order chi connectivity index (χ1) is 12.7. The van der Waals surface area contributed by atoms with E-state index in [1.165, 1.54) is 0 Å². The SMILES string of the molecule is CCCC(=O)N(CCCN1CCOCC1)c1nc2ccc(OC)cc2s1.Cl. The van der Waals surface area contributed by atoms with Gasteiger partial charge in [-0.1, -0.05) is 18.3 Å². The number of thiazole rings is 1. The zero-order valence-electron chi connectivity index (χ0n) is 16.0. The van der Waals surface area contributed by atoms with E-state index in [4.69, 9.17) is 14.5 Å². The van der Waals surface area contributed by atoms with Gasteiger partial charge in [-0.25, -0.2) is 4.98 Å². The molecular weight excluding hydrogens is 386 g/mol. The second-order valence-electron chi connectivity index (χ2n) is 6.43. The van der Waals surface area contributed by atoms with Crippen LogP contribution in [0.15, 0.2) is 18.2 Å². The molecule has 8 heteroatoms. The van der Waals surface area contributed by atoms with Crippen molar-refractivity contribution < 1.29 is 14.3 Å². The molecule has 1 saturated heterocycles. The van der Waals surface area contributed by atoms with E-state index >= 15 is 0 Å². The highest BCUT2D eigenvalue weighted by Gasteiger charge is 2.20. The Balaban J connectivity index is 0.00000261. The maximum absolute atomic E-state index is 12.7. The Kier molecular flexibility index (Phi) is 8.76. The summed E-state index contributed by atoms with van der Waals surface area (Å²) in [6, 6.07) is 5.83. The zero-order chi connectivity index (χ0) is 18.4. The molecule has 27 heavy (non-hydrogen) atoms. The molecular formula is C19H28ClN3O3S. The lowest BCUT2D eigenvalue weighted by molar-refractivity contribution is -0.118. The van der Waals surface area contributed by atoms with Crippen molar-refractivity contribution in [2.45, 2.75) is 26.2 Å². The van der Waals surface area contributed by atoms with E-state index in [1.807, 2.05) is 30.0 Å². The van der Waals surface area contributed by atoms with Crippen molar-refractivity contribution in [3.63, 3.8) is 0 Å². The highest BCUT2D eigenvalue weighted by atomic mass is 35.5. The van der Waals surface area contributed by atoms with Crippen molar-refractivity contribution in [3.05, 3.63) is 18.2 Å². The molecule has 0 bridgehead atoms. The molecule has 3 rings (SSSR count). The van der Waals surface area contributed by atoms with Crippen molar-refractivity contribution >= 4 is 45.0 Å². The third kappa shape index (κ3) is 5.78. The summed E-state index contributed by atoms with van der Waals surface area (Å²) in [5, 5.41) is 0.786. The van der Waals surface area contributed by atoms with Gasteiger partial charge >= 0.3 is 0 Å². The summed E-state index contributed by atoms with van der Waals surface area (Å²) in [5.74, 6) is 0.965. The fourth-order valence-corrected chi connectivity index (χ4v) is 4.13. The fraction of sp³-hybridized carbons (Fsp3) is 0.579. The lowest BCUT2D eigenvalue weighted by Crippen LogP contribution is -2.39. The van der Waals surface area contributed by atoms with Gasteiger partial charge in [0, 0.05) is 32.6 Å². The van der Waals surface area contributed by atoms with Crippen molar-refractivity contribution in [2.75, 3.05) is 51.4 Å². The molecule has 1 aliphatic heterocycles. The predicted octanol–water partition coefficient (Wildman–Crippen LogP) is 3.58. The number of methoxy groups -OCH3 is 1. The number of anilines is 1. The van der Waals surface area contributed by atoms with Crippen molar-refractivity contribution in [3.8, 4) is 5.75 Å². The van der Waals surface area contributed by atoms with E-state index in [9.17, 15) is 4.79 Å². The van der Waals surface area contributed by atoms with Crippen LogP contribution in [0.2, 0.25) is 0 Å². The van der Waals surface area contributed by atoms with Crippen LogP contribution in [0.5, 0.6) is 5.75 Å². The van der Waals surface area contributed by atoms with E-state index in [0.29, 0.717) is 13.0 Å². The minimum absolute atomic E-state index is 0. The molecule has 0 N–H and O–H groups in total. The van der Waals surface area contributed by atoms with E-state index in [1.54, 1.807) is 18.4 Å². The quantitative estimate of drug-likeness (QED) is 0.662. The number of halogens is 1. The fourth-order valence-electron chi connectivity index (χ4n) is 3.09. The molecule has 0 radical (unpaired) electrons. The first-order valence-corrected chi connectivity index (χ1v) is 10.1. The van der Waals surface area contributed by atoms with E-state index in [-0.39, 0.29) is 18.3 Å². The number of benzene rings is 1. The van der Waals surface area contributed by atoms with E-state index in [2.05, 4.69) is 4.90 Å². The predicted molar refractivity (Wildman–Crippen MR) is 113 cm³/mol. The van der Waals surface area contributed by atoms with Gasteiger partial charge in [0.1, 0.15) is 5.75 Å². The minimum Gasteiger partial charge on any atom is -0.497 e. The Morgan fingerprint density at radius 1 is 1.37 bits per heavy atom. The van der Waals surface area contributed by atoms with Gasteiger partial charge in [-0.15, -0.1) is 12.4 Å². The third-order valence-corrected chi connectivity index (χ3v) is 5.58. The number of carbonyl (C=O) groups is 1. The van der Waals surface area contributed by atoms with Gasteiger partial charge in [-0.2, -0.15) is 0 Å². The average molecular weight is 414 g/mol. The van der Waals surface area contributed by atoms with Crippen LogP contribution in [0, 0.1) is 0 Å². The first-order valence-electron chi connectivity index (χ1n) is 9.26. The van der Waals surface area contributed by atoms with Crippen LogP contribution >= 0.6 is 23.7 Å². The molecule has 1 amide bonds. The average Bonchev–Trinajstić information content (AvgIpc) is 3.08. The second kappa shape index (κ2) is 10.8. The van der Waals surface area contributed by atoms with Gasteiger partial charge in [-0.3, -0.25) is 14.6 Å². The smallest absolute Gasteiger partial charge is 0.228 e. The van der Waals surface area contributed by atoms with E-state index < -0.39 is 0 Å². The Bertz CT molecular complexity index is 734. The Labute approximate surface area is 170 Å². The molecule has 2 aromatic rings. The molecule has 150 valence electrons. The lowest BCUT2D eigenvalue weighted by Gasteiger charge is -2.27. The number of amides is 1. The molecule has 1 aromatic carbocycles. The lowest BCUT2D eigenvalue weighted by atomic mass is 10.2. The first kappa shape index (κ1) is 21.9. The van der Waals surface area contributed by atoms with Crippen LogP contribution in [0.25, 0.3) is 10.2 Å². The summed E-state index contributed by atoms with van der Waals surface area (Å²) >= 11 is 1.56. The van der Waals surface area contributed by atoms with Crippen LogP contribution in [0.3, 0.4) is 0 Å². The van der Waals surface area contributed by atoms with Crippen molar-refractivity contribution in [2.24, 2.45) is 0 Å². The summed E-state index contributed by atoms with van der Waals surface area (Å²) < 4.78 is 11.7. The summed E-state index contributed by atoms with van der Waals surface area (Å²) in [6.45, 7) is 7.28. The zero-order valence-corrected chi connectivity index (χ0v) is 17.6. The largest absolute Gasteiger partial charge is 0.497 e. The van der Waals surface area contributed by atoms with Crippen LogP contribution in [0.4, 0.5) is 5.13 Å². The number of fused-ring (bicyclic) bond motifs is 1. The Hall–Kier alpha value is -1.41. The van der Waals surface area contributed by atoms with Gasteiger partial charge in [0.25, 0.3) is 0 Å². The topological polar surface area (TPSA) is 54.9 Å². The molecule has 1 fully saturated rings. The second-order valence-corrected chi connectivity index (χ2v) is 7.44. The van der Waals surface area contributed by atoms with Crippen LogP contribution in [0.1, 0.15) is 26.2 Å². The monoisotopic (exact) mass is 413 g/mol. The standard InChI is InChI=1S/C19H27N3O3S.ClH/c1-3-5-18(23)22(9-4-8-21-10-12-25-13-11-21)19-20-16-7-6-15(24-2)14-17(16)26-19;/h6-7,14H,3-5,8-13H2,1-2H3;1H. The van der Waals surface area contributed by atoms with Crippen LogP contribution in [-0.2, 0) is 9.53 Å². The summed E-state index contributed by atoms with van der Waals surface area (Å²) in [6.07, 6.45) is 2.34. The number of hydrogen-bond acceptors (Lipinski definition) is 6. The molecule has 0 spiro atoms. The van der Waals surface area contributed by atoms with Gasteiger partial charge in [0.2, 0.25) is 5.91 Å². The summed E-state index contributed by atoms with van der Waals surface area (Å²) in [4.78, 5) is 21.6. The summed E-state index contributed by atoms with van der Waals surface area (Å²) in [7, 11) is 1.66. The van der Waals surface area contributed by atoms with Crippen LogP contribution < -0.4 is 9.64 Å². The maximum Gasteiger partial charge on any atom is 0.228 e.